The highest BCUT2D eigenvalue weighted by molar-refractivity contribution is 7.89. The van der Waals surface area contributed by atoms with Crippen molar-refractivity contribution in [3.05, 3.63) is 96.1 Å². The Kier molecular flexibility index (Phi) is 7.58. The van der Waals surface area contributed by atoms with Crippen LogP contribution in [0.2, 0.25) is 0 Å². The molecule has 32 heavy (non-hydrogen) atoms. The molecule has 0 aliphatic carbocycles. The highest BCUT2D eigenvalue weighted by Crippen LogP contribution is 2.14. The number of alkyl carbamates (subject to hydrolysis) is 1. The van der Waals surface area contributed by atoms with Crippen molar-refractivity contribution in [3.8, 4) is 0 Å². The summed E-state index contributed by atoms with van der Waals surface area (Å²) in [6.07, 6.45) is -0.489. The minimum Gasteiger partial charge on any atom is -0.445 e. The third kappa shape index (κ3) is 6.93. The monoisotopic (exact) mass is 453 g/mol. The van der Waals surface area contributed by atoms with Crippen molar-refractivity contribution >= 4 is 27.7 Å². The maximum absolute atomic E-state index is 12.9. The lowest BCUT2D eigenvalue weighted by molar-refractivity contribution is -0.118. The van der Waals surface area contributed by atoms with Gasteiger partial charge in [-0.05, 0) is 35.4 Å². The van der Waals surface area contributed by atoms with Gasteiger partial charge in [0.1, 0.15) is 12.6 Å². The van der Waals surface area contributed by atoms with Crippen molar-refractivity contribution in [1.82, 2.24) is 5.32 Å². The summed E-state index contributed by atoms with van der Waals surface area (Å²) in [6.45, 7) is 0.0708. The van der Waals surface area contributed by atoms with Crippen LogP contribution < -0.4 is 15.8 Å². The minimum absolute atomic E-state index is 0.0704. The molecule has 0 bridgehead atoms. The standard InChI is InChI=1S/C23H23N3O5S/c24-32(29,30)20-13-11-19(12-14-20)25-22(27)21(15-17-7-3-1-4-8-17)26-23(28)31-16-18-9-5-2-6-10-18/h1-14,21H,15-16H2,(H,25,27)(H,26,28)(H2,24,29,30). The molecule has 0 spiro atoms. The van der Waals surface area contributed by atoms with Gasteiger partial charge in [0.2, 0.25) is 15.9 Å². The summed E-state index contributed by atoms with van der Waals surface area (Å²) >= 11 is 0. The molecule has 166 valence electrons. The van der Waals surface area contributed by atoms with E-state index in [-0.39, 0.29) is 17.9 Å². The molecule has 0 fully saturated rings. The second kappa shape index (κ2) is 10.6. The first-order valence-electron chi connectivity index (χ1n) is 9.76. The van der Waals surface area contributed by atoms with Crippen molar-refractivity contribution < 1.29 is 22.7 Å². The average molecular weight is 454 g/mol. The summed E-state index contributed by atoms with van der Waals surface area (Å²) in [7, 11) is -3.84. The highest BCUT2D eigenvalue weighted by Gasteiger charge is 2.22. The molecule has 3 aromatic rings. The van der Waals surface area contributed by atoms with E-state index in [9.17, 15) is 18.0 Å². The molecule has 2 amide bonds. The van der Waals surface area contributed by atoms with E-state index >= 15 is 0 Å². The van der Waals surface area contributed by atoms with Gasteiger partial charge in [-0.1, -0.05) is 60.7 Å². The molecule has 0 heterocycles. The number of nitrogens with one attached hydrogen (secondary N) is 2. The third-order valence-electron chi connectivity index (χ3n) is 4.55. The number of carbonyl (C=O) groups is 2. The molecular formula is C23H23N3O5S. The number of anilines is 1. The summed E-state index contributed by atoms with van der Waals surface area (Å²) in [5.74, 6) is -0.478. The molecule has 3 rings (SSSR count). The zero-order valence-electron chi connectivity index (χ0n) is 17.1. The molecule has 3 aromatic carbocycles. The van der Waals surface area contributed by atoms with Gasteiger partial charge in [-0.15, -0.1) is 0 Å². The number of carbonyl (C=O) groups excluding carboxylic acids is 2. The predicted octanol–water partition coefficient (Wildman–Crippen LogP) is 2.81. The highest BCUT2D eigenvalue weighted by atomic mass is 32.2. The molecule has 0 aliphatic heterocycles. The van der Waals surface area contributed by atoms with Gasteiger partial charge in [0, 0.05) is 12.1 Å². The van der Waals surface area contributed by atoms with E-state index < -0.39 is 28.1 Å². The first-order chi connectivity index (χ1) is 15.3. The Morgan fingerprint density at radius 3 is 1.97 bits per heavy atom. The van der Waals surface area contributed by atoms with Crippen LogP contribution in [0.25, 0.3) is 0 Å². The van der Waals surface area contributed by atoms with Crippen LogP contribution in [0.1, 0.15) is 11.1 Å². The van der Waals surface area contributed by atoms with Crippen LogP contribution in [0.5, 0.6) is 0 Å². The number of benzene rings is 3. The number of rotatable bonds is 8. The Morgan fingerprint density at radius 1 is 0.844 bits per heavy atom. The van der Waals surface area contributed by atoms with E-state index in [0.29, 0.717) is 5.69 Å². The van der Waals surface area contributed by atoms with Crippen LogP contribution in [0, 0.1) is 0 Å². The first kappa shape index (κ1) is 23.0. The van der Waals surface area contributed by atoms with Gasteiger partial charge in [0.15, 0.2) is 0 Å². The van der Waals surface area contributed by atoms with E-state index in [1.165, 1.54) is 24.3 Å². The molecule has 4 N–H and O–H groups in total. The van der Waals surface area contributed by atoms with Gasteiger partial charge >= 0.3 is 6.09 Å². The zero-order valence-corrected chi connectivity index (χ0v) is 17.9. The summed E-state index contributed by atoms with van der Waals surface area (Å²) in [6, 6.07) is 22.9. The number of sulfonamides is 1. The Morgan fingerprint density at radius 2 is 1.41 bits per heavy atom. The molecule has 0 saturated heterocycles. The SMILES string of the molecule is NS(=O)(=O)c1ccc(NC(=O)C(Cc2ccccc2)NC(=O)OCc2ccccc2)cc1. The van der Waals surface area contributed by atoms with Gasteiger partial charge in [-0.3, -0.25) is 4.79 Å². The zero-order chi connectivity index (χ0) is 23.0. The summed E-state index contributed by atoms with van der Waals surface area (Å²) in [4.78, 5) is 25.1. The topological polar surface area (TPSA) is 128 Å². The van der Waals surface area contributed by atoms with Crippen LogP contribution in [0.3, 0.4) is 0 Å². The van der Waals surface area contributed by atoms with Crippen molar-refractivity contribution in [1.29, 1.82) is 0 Å². The molecule has 1 unspecified atom stereocenters. The van der Waals surface area contributed by atoms with Gasteiger partial charge in [0.25, 0.3) is 0 Å². The average Bonchev–Trinajstić information content (AvgIpc) is 2.78. The lowest BCUT2D eigenvalue weighted by Crippen LogP contribution is -2.45. The summed E-state index contributed by atoms with van der Waals surface area (Å²) in [5, 5.41) is 10.4. The first-order valence-corrected chi connectivity index (χ1v) is 11.3. The largest absolute Gasteiger partial charge is 0.445 e. The normalized spacial score (nSPS) is 11.9. The Labute approximate surface area is 186 Å². The van der Waals surface area contributed by atoms with Gasteiger partial charge in [-0.25, -0.2) is 18.4 Å². The maximum atomic E-state index is 12.9. The summed E-state index contributed by atoms with van der Waals surface area (Å²) in [5.41, 5.74) is 2.03. The lowest BCUT2D eigenvalue weighted by atomic mass is 10.1. The van der Waals surface area contributed by atoms with Crippen molar-refractivity contribution in [3.63, 3.8) is 0 Å². The summed E-state index contributed by atoms with van der Waals surface area (Å²) < 4.78 is 28.0. The lowest BCUT2D eigenvalue weighted by Gasteiger charge is -2.19. The second-order valence-electron chi connectivity index (χ2n) is 7.01. The Bertz CT molecular complexity index is 1150. The number of ether oxygens (including phenoxy) is 1. The third-order valence-corrected chi connectivity index (χ3v) is 5.48. The molecule has 9 heteroatoms. The number of hydrogen-bond acceptors (Lipinski definition) is 5. The van der Waals surface area contributed by atoms with E-state index in [1.807, 2.05) is 60.7 Å². The van der Waals surface area contributed by atoms with Crippen LogP contribution >= 0.6 is 0 Å². The second-order valence-corrected chi connectivity index (χ2v) is 8.57. The van der Waals surface area contributed by atoms with Gasteiger partial charge < -0.3 is 15.4 Å². The fourth-order valence-electron chi connectivity index (χ4n) is 2.92. The van der Waals surface area contributed by atoms with Gasteiger partial charge in [0.05, 0.1) is 4.90 Å². The minimum atomic E-state index is -3.84. The molecule has 0 radical (unpaired) electrons. The molecule has 0 aromatic heterocycles. The van der Waals surface area contributed by atoms with Crippen molar-refractivity contribution in [2.24, 2.45) is 5.14 Å². The molecule has 1 atom stereocenters. The number of primary sulfonamides is 1. The number of hydrogen-bond donors (Lipinski definition) is 3. The van der Waals surface area contributed by atoms with Crippen LogP contribution in [-0.4, -0.2) is 26.5 Å². The van der Waals surface area contributed by atoms with E-state index in [4.69, 9.17) is 9.88 Å². The number of amides is 2. The van der Waals surface area contributed by atoms with Crippen LogP contribution in [0.15, 0.2) is 89.8 Å². The Balaban J connectivity index is 1.68. The quantitative estimate of drug-likeness (QED) is 0.483. The van der Waals surface area contributed by atoms with Crippen LogP contribution in [0.4, 0.5) is 10.5 Å². The fraction of sp³-hybridized carbons (Fsp3) is 0.130. The van der Waals surface area contributed by atoms with E-state index in [2.05, 4.69) is 10.6 Å². The smallest absolute Gasteiger partial charge is 0.408 e. The Hall–Kier alpha value is -3.69. The maximum Gasteiger partial charge on any atom is 0.408 e. The molecule has 0 saturated carbocycles. The van der Waals surface area contributed by atoms with E-state index in [0.717, 1.165) is 11.1 Å². The van der Waals surface area contributed by atoms with Crippen molar-refractivity contribution in [2.45, 2.75) is 24.0 Å². The molecular weight excluding hydrogens is 430 g/mol. The predicted molar refractivity (Wildman–Crippen MR) is 120 cm³/mol. The van der Waals surface area contributed by atoms with E-state index in [1.54, 1.807) is 0 Å². The van der Waals surface area contributed by atoms with Gasteiger partial charge in [-0.2, -0.15) is 0 Å². The fourth-order valence-corrected chi connectivity index (χ4v) is 3.44. The molecule has 0 aliphatic rings. The van der Waals surface area contributed by atoms with Crippen LogP contribution in [-0.2, 0) is 32.6 Å². The number of nitrogens with two attached hydrogens (primary N) is 1. The molecule has 8 nitrogen and oxygen atoms in total. The van der Waals surface area contributed by atoms with Crippen molar-refractivity contribution in [2.75, 3.05) is 5.32 Å².